The molecule has 1 N–H and O–H groups in total. The SMILES string of the molecule is CCC1(O)C=C1. The smallest absolute Gasteiger partial charge is 0.101 e. The molecule has 0 saturated carbocycles. The van der Waals surface area contributed by atoms with Gasteiger partial charge in [0.15, 0.2) is 0 Å². The fourth-order valence-electron chi connectivity index (χ4n) is 0.332. The van der Waals surface area contributed by atoms with Gasteiger partial charge >= 0.3 is 0 Å². The van der Waals surface area contributed by atoms with Crippen LogP contribution in [0.3, 0.4) is 0 Å². The molecule has 34 valence electrons. The third kappa shape index (κ3) is 0.455. The summed E-state index contributed by atoms with van der Waals surface area (Å²) in [6.07, 6.45) is 4.42. The molecule has 0 heterocycles. The predicted molar refractivity (Wildman–Crippen MR) is 24.4 cm³/mol. The first kappa shape index (κ1) is 3.88. The molecule has 1 nitrogen and oxygen atoms in total. The van der Waals surface area contributed by atoms with Crippen LogP contribution in [0.15, 0.2) is 12.2 Å². The van der Waals surface area contributed by atoms with E-state index in [-0.39, 0.29) is 0 Å². The highest BCUT2D eigenvalue weighted by atomic mass is 16.3. The second-order valence-electron chi connectivity index (χ2n) is 1.68. The van der Waals surface area contributed by atoms with Gasteiger partial charge in [-0.05, 0) is 6.42 Å². The van der Waals surface area contributed by atoms with Gasteiger partial charge in [0.2, 0.25) is 0 Å². The summed E-state index contributed by atoms with van der Waals surface area (Å²) >= 11 is 0. The predicted octanol–water partition coefficient (Wildman–Crippen LogP) is 0.697. The van der Waals surface area contributed by atoms with Crippen LogP contribution in [0.25, 0.3) is 0 Å². The molecule has 0 amide bonds. The molecule has 0 saturated heterocycles. The van der Waals surface area contributed by atoms with Crippen molar-refractivity contribution in [3.63, 3.8) is 0 Å². The van der Waals surface area contributed by atoms with Crippen LogP contribution in [0, 0.1) is 0 Å². The Bertz CT molecular complexity index is 77.9. The van der Waals surface area contributed by atoms with Crippen LogP contribution >= 0.6 is 0 Å². The van der Waals surface area contributed by atoms with Crippen molar-refractivity contribution in [3.8, 4) is 0 Å². The third-order valence-corrected chi connectivity index (χ3v) is 1.12. The molecular weight excluding hydrogens is 76.1 g/mol. The van der Waals surface area contributed by atoms with E-state index in [1.165, 1.54) is 0 Å². The molecule has 0 aromatic rings. The van der Waals surface area contributed by atoms with Crippen molar-refractivity contribution in [1.82, 2.24) is 0 Å². The largest absolute Gasteiger partial charge is 0.382 e. The van der Waals surface area contributed by atoms with Gasteiger partial charge in [0.25, 0.3) is 0 Å². The molecule has 0 fully saturated rings. The van der Waals surface area contributed by atoms with Crippen LogP contribution in [0.5, 0.6) is 0 Å². The van der Waals surface area contributed by atoms with Gasteiger partial charge in [-0.25, -0.2) is 0 Å². The van der Waals surface area contributed by atoms with E-state index < -0.39 is 5.60 Å². The average molecular weight is 84.1 g/mol. The maximum atomic E-state index is 8.83. The number of rotatable bonds is 1. The quantitative estimate of drug-likeness (QED) is 0.463. The molecule has 0 spiro atoms. The van der Waals surface area contributed by atoms with Crippen molar-refractivity contribution >= 4 is 0 Å². The summed E-state index contributed by atoms with van der Waals surface area (Å²) in [5.74, 6) is 0. The lowest BCUT2D eigenvalue weighted by atomic mass is 10.2. The highest BCUT2D eigenvalue weighted by Crippen LogP contribution is 2.25. The van der Waals surface area contributed by atoms with E-state index in [0.717, 1.165) is 6.42 Å². The topological polar surface area (TPSA) is 20.2 Å². The zero-order valence-corrected chi connectivity index (χ0v) is 3.81. The van der Waals surface area contributed by atoms with Crippen molar-refractivity contribution in [2.75, 3.05) is 0 Å². The van der Waals surface area contributed by atoms with E-state index >= 15 is 0 Å². The first-order chi connectivity index (χ1) is 2.77. The molecule has 0 bridgehead atoms. The Morgan fingerprint density at radius 1 is 1.67 bits per heavy atom. The Labute approximate surface area is 37.3 Å². The third-order valence-electron chi connectivity index (χ3n) is 1.12. The minimum Gasteiger partial charge on any atom is -0.382 e. The monoisotopic (exact) mass is 84.1 g/mol. The molecule has 1 heteroatoms. The molecule has 0 radical (unpaired) electrons. The molecule has 0 unspecified atom stereocenters. The molecule has 1 rings (SSSR count). The fourth-order valence-corrected chi connectivity index (χ4v) is 0.332. The second-order valence-corrected chi connectivity index (χ2v) is 1.68. The van der Waals surface area contributed by atoms with Gasteiger partial charge in [0.1, 0.15) is 5.60 Å². The van der Waals surface area contributed by atoms with Crippen molar-refractivity contribution in [2.24, 2.45) is 0 Å². The highest BCUT2D eigenvalue weighted by molar-refractivity contribution is 5.27. The Hall–Kier alpha value is -0.300. The summed E-state index contributed by atoms with van der Waals surface area (Å²) in [5.41, 5.74) is -0.458. The van der Waals surface area contributed by atoms with Gasteiger partial charge in [-0.15, -0.1) is 0 Å². The van der Waals surface area contributed by atoms with Gasteiger partial charge in [-0.3, -0.25) is 0 Å². The van der Waals surface area contributed by atoms with Crippen molar-refractivity contribution in [3.05, 3.63) is 12.2 Å². The van der Waals surface area contributed by atoms with Gasteiger partial charge in [0, 0.05) is 0 Å². The lowest BCUT2D eigenvalue weighted by Gasteiger charge is -1.98. The van der Waals surface area contributed by atoms with Crippen LogP contribution in [-0.4, -0.2) is 10.7 Å². The van der Waals surface area contributed by atoms with Crippen molar-refractivity contribution in [1.29, 1.82) is 0 Å². The Balaban J connectivity index is 2.32. The first-order valence-corrected chi connectivity index (χ1v) is 2.19. The summed E-state index contributed by atoms with van der Waals surface area (Å²) in [7, 11) is 0. The van der Waals surface area contributed by atoms with Gasteiger partial charge in [0.05, 0.1) is 0 Å². The number of hydrogen-bond acceptors (Lipinski definition) is 1. The van der Waals surface area contributed by atoms with Crippen LogP contribution in [0.2, 0.25) is 0 Å². The van der Waals surface area contributed by atoms with E-state index in [4.69, 9.17) is 5.11 Å². The Morgan fingerprint density at radius 2 is 2.17 bits per heavy atom. The molecule has 1 aliphatic rings. The summed E-state index contributed by atoms with van der Waals surface area (Å²) in [6.45, 7) is 1.96. The molecular formula is C5H8O. The Morgan fingerprint density at radius 3 is 2.17 bits per heavy atom. The van der Waals surface area contributed by atoms with Crippen molar-refractivity contribution in [2.45, 2.75) is 18.9 Å². The first-order valence-electron chi connectivity index (χ1n) is 2.19. The van der Waals surface area contributed by atoms with E-state index in [1.807, 2.05) is 6.92 Å². The average Bonchev–Trinajstić information content (AvgIpc) is 2.22. The fraction of sp³-hybridized carbons (Fsp3) is 0.600. The van der Waals surface area contributed by atoms with E-state index in [2.05, 4.69) is 0 Å². The van der Waals surface area contributed by atoms with E-state index in [9.17, 15) is 0 Å². The summed E-state index contributed by atoms with van der Waals surface area (Å²) < 4.78 is 0. The van der Waals surface area contributed by atoms with Gasteiger partial charge in [-0.2, -0.15) is 0 Å². The number of aliphatic hydroxyl groups is 1. The van der Waals surface area contributed by atoms with Crippen LogP contribution in [0.1, 0.15) is 13.3 Å². The molecule has 0 aromatic carbocycles. The summed E-state index contributed by atoms with van der Waals surface area (Å²) in [6, 6.07) is 0. The standard InChI is InChI=1S/C5H8O/c1-2-5(6)3-4-5/h3-4,6H,2H2,1H3. The zero-order chi connectivity index (χ0) is 4.62. The minimum atomic E-state index is -0.458. The maximum Gasteiger partial charge on any atom is 0.101 e. The number of hydrogen-bond donors (Lipinski definition) is 1. The van der Waals surface area contributed by atoms with Crippen LogP contribution in [0.4, 0.5) is 0 Å². The minimum absolute atomic E-state index is 0.458. The second kappa shape index (κ2) is 0.850. The lowest BCUT2D eigenvalue weighted by molar-refractivity contribution is 0.174. The molecule has 6 heavy (non-hydrogen) atoms. The maximum absolute atomic E-state index is 8.83. The molecule has 0 atom stereocenters. The Kier molecular flexibility index (Phi) is 0.549. The van der Waals surface area contributed by atoms with E-state index in [1.54, 1.807) is 12.2 Å². The zero-order valence-electron chi connectivity index (χ0n) is 3.81. The summed E-state index contributed by atoms with van der Waals surface area (Å²) in [4.78, 5) is 0. The normalized spacial score (nSPS) is 24.3. The van der Waals surface area contributed by atoms with Gasteiger partial charge in [-0.1, -0.05) is 19.1 Å². The van der Waals surface area contributed by atoms with Gasteiger partial charge < -0.3 is 5.11 Å². The molecule has 0 aliphatic heterocycles. The van der Waals surface area contributed by atoms with Crippen LogP contribution < -0.4 is 0 Å². The van der Waals surface area contributed by atoms with Crippen LogP contribution in [-0.2, 0) is 0 Å². The highest BCUT2D eigenvalue weighted by Gasteiger charge is 2.27. The molecule has 0 aromatic heterocycles. The van der Waals surface area contributed by atoms with Crippen molar-refractivity contribution < 1.29 is 5.11 Å². The lowest BCUT2D eigenvalue weighted by Crippen LogP contribution is -2.04. The molecule has 1 aliphatic carbocycles. The van der Waals surface area contributed by atoms with E-state index in [0.29, 0.717) is 0 Å². The summed E-state index contributed by atoms with van der Waals surface area (Å²) in [5, 5.41) is 8.83.